The van der Waals surface area contributed by atoms with Crippen molar-refractivity contribution < 1.29 is 33.1 Å². The van der Waals surface area contributed by atoms with E-state index in [1.165, 1.54) is 33.5 Å². The van der Waals surface area contributed by atoms with Gasteiger partial charge in [0, 0.05) is 17.4 Å². The third kappa shape index (κ3) is 4.98. The molecule has 29 heavy (non-hydrogen) atoms. The first-order valence-corrected chi connectivity index (χ1v) is 10.8. The molecule has 0 saturated heterocycles. The molecule has 0 fully saturated rings. The zero-order valence-electron chi connectivity index (χ0n) is 17.1. The van der Waals surface area contributed by atoms with Crippen LogP contribution in [0.4, 0.5) is 0 Å². The predicted octanol–water partition coefficient (Wildman–Crippen LogP) is 3.49. The fourth-order valence-corrected chi connectivity index (χ4v) is 5.06. The van der Waals surface area contributed by atoms with E-state index in [1.807, 2.05) is 0 Å². The lowest BCUT2D eigenvalue weighted by molar-refractivity contribution is -0.144. The van der Waals surface area contributed by atoms with Gasteiger partial charge in [-0.2, -0.15) is 0 Å². The highest BCUT2D eigenvalue weighted by Crippen LogP contribution is 2.51. The van der Waals surface area contributed by atoms with Crippen molar-refractivity contribution >= 4 is 23.9 Å². The van der Waals surface area contributed by atoms with Crippen molar-refractivity contribution in [1.82, 2.24) is 0 Å². The van der Waals surface area contributed by atoms with Gasteiger partial charge >= 0.3 is 5.97 Å². The van der Waals surface area contributed by atoms with Crippen LogP contribution >= 0.6 is 7.14 Å². The fraction of sp³-hybridized carbons (Fsp3) is 0.333. The molecular weight excluding hydrogens is 395 g/mol. The number of ether oxygens (including phenoxy) is 4. The maximum atomic E-state index is 14.0. The second kappa shape index (κ2) is 9.61. The van der Waals surface area contributed by atoms with Crippen LogP contribution in [-0.4, -0.2) is 45.1 Å². The van der Waals surface area contributed by atoms with Crippen molar-refractivity contribution in [2.24, 2.45) is 0 Å². The second-order valence-electron chi connectivity index (χ2n) is 6.48. The molecule has 1 unspecified atom stereocenters. The molecule has 0 amide bonds. The summed E-state index contributed by atoms with van der Waals surface area (Å²) in [6.45, 7) is 3.37. The topological polar surface area (TPSA) is 88.1 Å². The highest BCUT2D eigenvalue weighted by molar-refractivity contribution is 7.88. The van der Waals surface area contributed by atoms with Crippen LogP contribution < -0.4 is 19.5 Å². The van der Waals surface area contributed by atoms with E-state index in [2.05, 4.69) is 0 Å². The Labute approximate surface area is 170 Å². The number of benzene rings is 2. The minimum atomic E-state index is -3.92. The molecule has 2 aromatic carbocycles. The largest absolute Gasteiger partial charge is 0.496 e. The molecule has 0 aliphatic carbocycles. The molecule has 7 nitrogen and oxygen atoms in total. The van der Waals surface area contributed by atoms with E-state index in [1.54, 1.807) is 44.2 Å². The Bertz CT molecular complexity index is 897. The van der Waals surface area contributed by atoms with Gasteiger partial charge in [0.25, 0.3) is 0 Å². The SMILES string of the molecule is COc1cc(OC)c(C(=O)P(=O)(CC(=O)OC(C)C)c2ccccc2)c(OC)c1. The molecule has 156 valence electrons. The summed E-state index contributed by atoms with van der Waals surface area (Å²) < 4.78 is 35.0. The van der Waals surface area contributed by atoms with E-state index >= 15 is 0 Å². The standard InChI is InChI=1S/C21H25O7P/c1-14(2)28-19(22)13-29(24,16-9-7-6-8-10-16)21(23)20-17(26-4)11-15(25-3)12-18(20)27-5/h6-12,14H,13H2,1-5H3. The van der Waals surface area contributed by atoms with Gasteiger partial charge in [-0.3, -0.25) is 9.59 Å². The quantitative estimate of drug-likeness (QED) is 0.453. The van der Waals surface area contributed by atoms with E-state index in [0.717, 1.165) is 0 Å². The highest BCUT2D eigenvalue weighted by Gasteiger charge is 2.41. The third-order valence-corrected chi connectivity index (χ3v) is 6.86. The van der Waals surface area contributed by atoms with Crippen LogP contribution in [0.2, 0.25) is 0 Å². The maximum Gasteiger partial charge on any atom is 0.314 e. The highest BCUT2D eigenvalue weighted by atomic mass is 31.2. The van der Waals surface area contributed by atoms with Gasteiger partial charge in [-0.25, -0.2) is 0 Å². The number of hydrogen-bond donors (Lipinski definition) is 0. The van der Waals surface area contributed by atoms with E-state index < -0.39 is 30.9 Å². The van der Waals surface area contributed by atoms with Crippen LogP contribution in [0.1, 0.15) is 24.2 Å². The van der Waals surface area contributed by atoms with Crippen LogP contribution in [0.25, 0.3) is 0 Å². The number of methoxy groups -OCH3 is 3. The number of rotatable bonds is 9. The van der Waals surface area contributed by atoms with E-state index in [-0.39, 0.29) is 22.4 Å². The molecule has 0 aliphatic rings. The van der Waals surface area contributed by atoms with Crippen LogP contribution in [-0.2, 0) is 14.1 Å². The summed E-state index contributed by atoms with van der Waals surface area (Å²) in [7, 11) is 0.311. The van der Waals surface area contributed by atoms with Crippen LogP contribution in [0.15, 0.2) is 42.5 Å². The smallest absolute Gasteiger partial charge is 0.314 e. The van der Waals surface area contributed by atoms with Crippen LogP contribution in [0, 0.1) is 0 Å². The van der Waals surface area contributed by atoms with E-state index in [9.17, 15) is 14.2 Å². The first-order chi connectivity index (χ1) is 13.8. The minimum Gasteiger partial charge on any atom is -0.496 e. The Morgan fingerprint density at radius 3 is 1.93 bits per heavy atom. The van der Waals surface area contributed by atoms with Gasteiger partial charge in [0.15, 0.2) is 7.14 Å². The number of hydrogen-bond acceptors (Lipinski definition) is 7. The lowest BCUT2D eigenvalue weighted by atomic mass is 10.2. The molecule has 0 aliphatic heterocycles. The molecule has 1 atom stereocenters. The summed E-state index contributed by atoms with van der Waals surface area (Å²) in [6, 6.07) is 11.2. The zero-order chi connectivity index (χ0) is 21.6. The monoisotopic (exact) mass is 420 g/mol. The number of carbonyl (C=O) groups excluding carboxylic acids is 2. The van der Waals surface area contributed by atoms with Crippen molar-refractivity contribution in [1.29, 1.82) is 0 Å². The normalized spacial score (nSPS) is 12.8. The summed E-state index contributed by atoms with van der Waals surface area (Å²) in [5.74, 6) is -0.0323. The number of esters is 1. The Kier molecular flexibility index (Phi) is 7.46. The third-order valence-electron chi connectivity index (χ3n) is 4.15. The Morgan fingerprint density at radius 2 is 1.48 bits per heavy atom. The lowest BCUT2D eigenvalue weighted by Crippen LogP contribution is -2.24. The van der Waals surface area contributed by atoms with E-state index in [4.69, 9.17) is 18.9 Å². The summed E-state index contributed by atoms with van der Waals surface area (Å²) >= 11 is 0. The molecule has 2 rings (SSSR count). The first kappa shape index (κ1) is 22.5. The molecule has 0 aromatic heterocycles. The van der Waals surface area contributed by atoms with Gasteiger partial charge in [0.05, 0.1) is 27.4 Å². The molecule has 0 saturated carbocycles. The van der Waals surface area contributed by atoms with Crippen molar-refractivity contribution in [3.8, 4) is 17.2 Å². The first-order valence-electron chi connectivity index (χ1n) is 8.95. The van der Waals surface area contributed by atoms with Gasteiger partial charge < -0.3 is 23.5 Å². The van der Waals surface area contributed by atoms with Crippen LogP contribution in [0.3, 0.4) is 0 Å². The van der Waals surface area contributed by atoms with Gasteiger partial charge in [0.2, 0.25) is 5.52 Å². The minimum absolute atomic E-state index is 0.0136. The molecule has 8 heteroatoms. The summed E-state index contributed by atoms with van der Waals surface area (Å²) in [4.78, 5) is 25.9. The maximum absolute atomic E-state index is 14.0. The summed E-state index contributed by atoms with van der Waals surface area (Å²) in [5.41, 5.74) is -0.763. The molecule has 0 heterocycles. The van der Waals surface area contributed by atoms with Crippen molar-refractivity contribution in [2.45, 2.75) is 20.0 Å². The average molecular weight is 420 g/mol. The van der Waals surface area contributed by atoms with Crippen molar-refractivity contribution in [2.75, 3.05) is 27.5 Å². The van der Waals surface area contributed by atoms with Crippen molar-refractivity contribution in [3.63, 3.8) is 0 Å². The van der Waals surface area contributed by atoms with Gasteiger partial charge in [-0.1, -0.05) is 30.3 Å². The fourth-order valence-electron chi connectivity index (χ4n) is 2.83. The van der Waals surface area contributed by atoms with Gasteiger partial charge in [-0.15, -0.1) is 0 Å². The molecule has 0 radical (unpaired) electrons. The van der Waals surface area contributed by atoms with E-state index in [0.29, 0.717) is 5.75 Å². The van der Waals surface area contributed by atoms with Gasteiger partial charge in [0.1, 0.15) is 29.0 Å². The zero-order valence-corrected chi connectivity index (χ0v) is 18.0. The molecule has 2 aromatic rings. The van der Waals surface area contributed by atoms with Crippen LogP contribution in [0.5, 0.6) is 17.2 Å². The Morgan fingerprint density at radius 1 is 0.931 bits per heavy atom. The Balaban J connectivity index is 2.65. The average Bonchev–Trinajstić information content (AvgIpc) is 2.71. The summed E-state index contributed by atoms with van der Waals surface area (Å²) in [5, 5.41) is 0.255. The Hall–Kier alpha value is -2.79. The molecule has 0 spiro atoms. The predicted molar refractivity (Wildman–Crippen MR) is 110 cm³/mol. The number of carbonyl (C=O) groups is 2. The molecular formula is C21H25O7P. The molecule has 0 bridgehead atoms. The lowest BCUT2D eigenvalue weighted by Gasteiger charge is -2.21. The summed E-state index contributed by atoms with van der Waals surface area (Å²) in [6.07, 6.45) is -0.960. The molecule has 0 N–H and O–H groups in total. The van der Waals surface area contributed by atoms with Gasteiger partial charge in [-0.05, 0) is 13.8 Å². The van der Waals surface area contributed by atoms with Crippen molar-refractivity contribution in [3.05, 3.63) is 48.0 Å². The second-order valence-corrected chi connectivity index (χ2v) is 9.20.